The predicted molar refractivity (Wildman–Crippen MR) is 67.6 cm³/mol. The van der Waals surface area contributed by atoms with Crippen LogP contribution in [-0.4, -0.2) is 23.3 Å². The predicted octanol–water partition coefficient (Wildman–Crippen LogP) is 2.83. The van der Waals surface area contributed by atoms with Crippen molar-refractivity contribution >= 4 is 5.97 Å². The van der Waals surface area contributed by atoms with E-state index in [1.165, 1.54) is 6.42 Å². The van der Waals surface area contributed by atoms with Crippen LogP contribution in [0.3, 0.4) is 0 Å². The molecule has 1 rings (SSSR count). The second-order valence-electron chi connectivity index (χ2n) is 6.11. The van der Waals surface area contributed by atoms with E-state index in [0.29, 0.717) is 5.57 Å². The highest BCUT2D eigenvalue weighted by Gasteiger charge is 2.39. The Balaban J connectivity index is 2.60. The number of esters is 1. The molecule has 3 heteroatoms. The molecule has 0 bridgehead atoms. The summed E-state index contributed by atoms with van der Waals surface area (Å²) in [7, 11) is 0. The van der Waals surface area contributed by atoms with Gasteiger partial charge in [-0.2, -0.15) is 0 Å². The lowest BCUT2D eigenvalue weighted by Gasteiger charge is -2.42. The zero-order valence-electron chi connectivity index (χ0n) is 11.2. The van der Waals surface area contributed by atoms with Crippen LogP contribution >= 0.6 is 0 Å². The van der Waals surface area contributed by atoms with Crippen LogP contribution in [0.4, 0.5) is 0 Å². The normalized spacial score (nSPS) is 27.5. The van der Waals surface area contributed by atoms with Crippen LogP contribution in [0.25, 0.3) is 0 Å². The number of carbonyl (C=O) groups is 1. The van der Waals surface area contributed by atoms with Gasteiger partial charge in [0.15, 0.2) is 0 Å². The molecule has 0 heterocycles. The van der Waals surface area contributed by atoms with Crippen molar-refractivity contribution in [3.63, 3.8) is 0 Å². The monoisotopic (exact) mass is 240 g/mol. The number of ether oxygens (including phenoxy) is 1. The van der Waals surface area contributed by atoms with Gasteiger partial charge in [0.05, 0.1) is 0 Å². The second kappa shape index (κ2) is 5.21. The largest absolute Gasteiger partial charge is 0.456 e. The second-order valence-corrected chi connectivity index (χ2v) is 6.11. The first kappa shape index (κ1) is 14.2. The van der Waals surface area contributed by atoms with Gasteiger partial charge in [0, 0.05) is 18.6 Å². The topological polar surface area (TPSA) is 46.5 Å². The number of hydrogen-bond acceptors (Lipinski definition) is 3. The first-order valence-corrected chi connectivity index (χ1v) is 6.30. The first-order valence-electron chi connectivity index (χ1n) is 6.30. The molecule has 1 saturated carbocycles. The smallest absolute Gasteiger partial charge is 0.334 e. The summed E-state index contributed by atoms with van der Waals surface area (Å²) in [4.78, 5) is 11.8. The van der Waals surface area contributed by atoms with Gasteiger partial charge in [0.25, 0.3) is 0 Å². The molecular weight excluding hydrogens is 216 g/mol. The molecule has 0 aliphatic heterocycles. The summed E-state index contributed by atoms with van der Waals surface area (Å²) in [5, 5.41) is 8.77. The van der Waals surface area contributed by atoms with Crippen molar-refractivity contribution in [2.75, 3.05) is 6.61 Å². The van der Waals surface area contributed by atoms with Crippen LogP contribution in [-0.2, 0) is 9.53 Å². The molecule has 1 aliphatic carbocycles. The van der Waals surface area contributed by atoms with E-state index in [1.54, 1.807) is 0 Å². The van der Waals surface area contributed by atoms with E-state index in [-0.39, 0.29) is 30.0 Å². The number of aliphatic hydroxyl groups is 1. The molecule has 17 heavy (non-hydrogen) atoms. The van der Waals surface area contributed by atoms with Gasteiger partial charge in [-0.15, -0.1) is 0 Å². The van der Waals surface area contributed by atoms with E-state index in [4.69, 9.17) is 9.84 Å². The third kappa shape index (κ3) is 4.15. The van der Waals surface area contributed by atoms with Gasteiger partial charge in [-0.25, -0.2) is 4.79 Å². The lowest BCUT2D eigenvalue weighted by molar-refractivity contribution is -0.160. The van der Waals surface area contributed by atoms with E-state index in [1.807, 2.05) is 6.92 Å². The Hall–Kier alpha value is -0.830. The van der Waals surface area contributed by atoms with Gasteiger partial charge in [-0.1, -0.05) is 20.4 Å². The molecule has 0 radical (unpaired) electrons. The summed E-state index contributed by atoms with van der Waals surface area (Å²) in [6, 6.07) is 0. The van der Waals surface area contributed by atoms with Crippen LogP contribution < -0.4 is 0 Å². The highest BCUT2D eigenvalue weighted by atomic mass is 16.6. The van der Waals surface area contributed by atoms with Crippen LogP contribution in [0.2, 0.25) is 0 Å². The Morgan fingerprint density at radius 2 is 2.00 bits per heavy atom. The van der Waals surface area contributed by atoms with Crippen LogP contribution in [0.5, 0.6) is 0 Å². The molecule has 1 aliphatic rings. The number of rotatable bonds is 4. The maximum atomic E-state index is 11.8. The highest BCUT2D eigenvalue weighted by Crippen LogP contribution is 2.42. The van der Waals surface area contributed by atoms with Crippen molar-refractivity contribution in [2.45, 2.75) is 58.5 Å². The van der Waals surface area contributed by atoms with Gasteiger partial charge < -0.3 is 9.84 Å². The average Bonchev–Trinajstić information content (AvgIpc) is 2.14. The van der Waals surface area contributed by atoms with Crippen molar-refractivity contribution < 1.29 is 14.6 Å². The van der Waals surface area contributed by atoms with E-state index in [0.717, 1.165) is 19.3 Å². The molecule has 98 valence electrons. The minimum atomic E-state index is -0.378. The Morgan fingerprint density at radius 1 is 1.35 bits per heavy atom. The molecule has 0 aromatic rings. The quantitative estimate of drug-likeness (QED) is 0.607. The fourth-order valence-corrected chi connectivity index (χ4v) is 2.75. The molecule has 3 nitrogen and oxygen atoms in total. The minimum absolute atomic E-state index is 0.0594. The molecule has 0 aromatic heterocycles. The van der Waals surface area contributed by atoms with Crippen molar-refractivity contribution in [1.29, 1.82) is 0 Å². The van der Waals surface area contributed by atoms with Crippen molar-refractivity contribution in [3.05, 3.63) is 12.2 Å². The Labute approximate surface area is 104 Å². The molecule has 0 spiro atoms. The number of carbonyl (C=O) groups excluding carboxylic acids is 1. The van der Waals surface area contributed by atoms with Gasteiger partial charge in [0.1, 0.15) is 5.60 Å². The maximum absolute atomic E-state index is 11.8. The van der Waals surface area contributed by atoms with Gasteiger partial charge in [0.2, 0.25) is 0 Å². The fourth-order valence-electron chi connectivity index (χ4n) is 2.75. The Kier molecular flexibility index (Phi) is 4.36. The summed E-state index contributed by atoms with van der Waals surface area (Å²) >= 11 is 0. The number of hydrogen-bond donors (Lipinski definition) is 1. The molecule has 1 unspecified atom stereocenters. The van der Waals surface area contributed by atoms with E-state index < -0.39 is 0 Å². The lowest BCUT2D eigenvalue weighted by Crippen LogP contribution is -2.40. The van der Waals surface area contributed by atoms with Crippen LogP contribution in [0.15, 0.2) is 12.2 Å². The minimum Gasteiger partial charge on any atom is -0.456 e. The fraction of sp³-hybridized carbons (Fsp3) is 0.786. The van der Waals surface area contributed by atoms with E-state index in [9.17, 15) is 4.79 Å². The number of aliphatic hydroxyl groups excluding tert-OH is 1. The maximum Gasteiger partial charge on any atom is 0.334 e. The van der Waals surface area contributed by atoms with Crippen molar-refractivity contribution in [2.24, 2.45) is 5.41 Å². The van der Waals surface area contributed by atoms with Crippen molar-refractivity contribution in [1.82, 2.24) is 0 Å². The van der Waals surface area contributed by atoms with E-state index in [2.05, 4.69) is 20.4 Å². The molecule has 1 fully saturated rings. The lowest BCUT2D eigenvalue weighted by atomic mass is 9.70. The van der Waals surface area contributed by atoms with Crippen molar-refractivity contribution in [3.8, 4) is 0 Å². The Bertz CT molecular complexity index is 307. The van der Waals surface area contributed by atoms with Gasteiger partial charge in [-0.3, -0.25) is 0 Å². The van der Waals surface area contributed by atoms with Crippen LogP contribution in [0.1, 0.15) is 52.9 Å². The van der Waals surface area contributed by atoms with Gasteiger partial charge in [-0.05, 0) is 38.0 Å². The zero-order chi connectivity index (χ0) is 13.1. The molecule has 1 N–H and O–H groups in total. The third-order valence-corrected chi connectivity index (χ3v) is 3.45. The standard InChI is InChI=1S/C14H24O3/c1-11(6-9-15)12(16)17-14(4)8-5-7-13(2,3)10-14/h15H,1,5-10H2,2-4H3. The first-order chi connectivity index (χ1) is 7.78. The average molecular weight is 240 g/mol. The van der Waals surface area contributed by atoms with Gasteiger partial charge >= 0.3 is 5.97 Å². The highest BCUT2D eigenvalue weighted by molar-refractivity contribution is 5.88. The summed E-state index contributed by atoms with van der Waals surface area (Å²) in [6.07, 6.45) is 4.35. The third-order valence-electron chi connectivity index (χ3n) is 3.45. The Morgan fingerprint density at radius 3 is 2.53 bits per heavy atom. The summed E-state index contributed by atoms with van der Waals surface area (Å²) in [5.74, 6) is -0.362. The zero-order valence-corrected chi connectivity index (χ0v) is 11.2. The molecule has 0 amide bonds. The van der Waals surface area contributed by atoms with Crippen LogP contribution in [0, 0.1) is 5.41 Å². The summed E-state index contributed by atoms with van der Waals surface area (Å²) < 4.78 is 5.58. The molecular formula is C14H24O3. The molecule has 0 saturated heterocycles. The SMILES string of the molecule is C=C(CCO)C(=O)OC1(C)CCCC(C)(C)C1. The van der Waals surface area contributed by atoms with E-state index >= 15 is 0 Å². The molecule has 1 atom stereocenters. The summed E-state index contributed by atoms with van der Waals surface area (Å²) in [6.45, 7) is 10.00. The summed E-state index contributed by atoms with van der Waals surface area (Å²) in [5.41, 5.74) is 0.208. The molecule has 0 aromatic carbocycles.